The van der Waals surface area contributed by atoms with Crippen molar-refractivity contribution < 1.29 is 53.6 Å². The molecule has 0 aromatic heterocycles. The van der Waals surface area contributed by atoms with Gasteiger partial charge in [0.15, 0.2) is 0 Å². The highest BCUT2D eigenvalue weighted by Crippen LogP contribution is 2.34. The molecule has 49 heavy (non-hydrogen) atoms. The number of fused-ring (bicyclic) bond motifs is 1. The number of carbonyl (C=O) groups excluding carboxylic acids is 1. The van der Waals surface area contributed by atoms with Crippen LogP contribution >= 0.6 is 0 Å². The third-order valence-electron chi connectivity index (χ3n) is 9.02. The van der Waals surface area contributed by atoms with E-state index in [0.29, 0.717) is 26.1 Å². The fourth-order valence-electron chi connectivity index (χ4n) is 6.49. The molecule has 0 radical (unpaired) electrons. The lowest BCUT2D eigenvalue weighted by molar-refractivity contribution is -0.492. The van der Waals surface area contributed by atoms with E-state index in [0.717, 1.165) is 67.9 Å². The first kappa shape index (κ1) is 37.1. The Bertz CT molecular complexity index is 1260. The largest absolute Gasteiger partial charge is 0.490 e. The summed E-state index contributed by atoms with van der Waals surface area (Å²) in [5, 5.41) is 28.3. The molecule has 2 heterocycles. The van der Waals surface area contributed by atoms with Crippen LogP contribution in [-0.4, -0.2) is 122 Å². The number of aliphatic hydroxyl groups is 1. The predicted molar refractivity (Wildman–Crippen MR) is 177 cm³/mol. The Morgan fingerprint density at radius 2 is 1.73 bits per heavy atom. The van der Waals surface area contributed by atoms with Crippen molar-refractivity contribution in [2.75, 3.05) is 64.6 Å². The Morgan fingerprint density at radius 1 is 0.959 bits per heavy atom. The number of anilines is 1. The topological polar surface area (TPSA) is 152 Å². The third-order valence-corrected chi connectivity index (χ3v) is 9.02. The summed E-state index contributed by atoms with van der Waals surface area (Å²) in [4.78, 5) is 21.3. The fourth-order valence-corrected chi connectivity index (χ4v) is 6.49. The molecule has 2 aliphatic heterocycles. The second-order valence-corrected chi connectivity index (χ2v) is 12.6. The molecule has 1 aliphatic carbocycles. The van der Waals surface area contributed by atoms with Crippen LogP contribution in [0.5, 0.6) is 11.5 Å². The number of hydrogen-bond acceptors (Lipinski definition) is 13. The Labute approximate surface area is 287 Å². The SMILES string of the molecule is COCCCN1CCOc2ccc(COC3CN(C(=O)OCCCCON(O)O)CC(O)C3OC3CCC(Oc4ccccc4)CC3)cc21. The van der Waals surface area contributed by atoms with Gasteiger partial charge in [0, 0.05) is 20.3 Å². The normalized spacial score (nSPS) is 24.0. The van der Waals surface area contributed by atoms with Crippen LogP contribution in [0.4, 0.5) is 10.5 Å². The van der Waals surface area contributed by atoms with Crippen LogP contribution in [0.3, 0.4) is 0 Å². The quantitative estimate of drug-likeness (QED) is 0.161. The molecule has 272 valence electrons. The number of para-hydroxylation sites is 1. The van der Waals surface area contributed by atoms with Crippen LogP contribution in [-0.2, 0) is 30.4 Å². The van der Waals surface area contributed by atoms with Crippen molar-refractivity contribution in [1.29, 1.82) is 0 Å². The first-order chi connectivity index (χ1) is 23.9. The average molecular weight is 690 g/mol. The van der Waals surface area contributed by atoms with Crippen LogP contribution in [0.15, 0.2) is 48.5 Å². The molecule has 3 atom stereocenters. The molecule has 14 nitrogen and oxygen atoms in total. The van der Waals surface area contributed by atoms with E-state index in [1.165, 1.54) is 4.90 Å². The maximum Gasteiger partial charge on any atom is 0.409 e. The number of nitrogens with zero attached hydrogens (tertiary/aromatic N) is 3. The number of piperidine rings is 1. The molecule has 0 bridgehead atoms. The highest BCUT2D eigenvalue weighted by Gasteiger charge is 2.42. The minimum absolute atomic E-state index is 0.0511. The molecule has 2 fully saturated rings. The standard InChI is InChI=1S/C35H51N3O11/c1-43-18-7-16-36-17-21-44-32-15-10-26(22-30(32)36)25-46-33-24-37(35(40)45-19-5-6-20-47-38(41)42)23-31(39)34(33)49-29-13-11-28(12-14-29)48-27-8-3-2-4-9-27/h2-4,8-10,15,22,28-29,31,33-34,39,41-42H,5-7,11-14,16-21,23-25H2,1H3. The number of ether oxygens (including phenoxy) is 6. The first-order valence-electron chi connectivity index (χ1n) is 17.3. The number of rotatable bonds is 17. The summed E-state index contributed by atoms with van der Waals surface area (Å²) in [5.74, 6) is 1.69. The van der Waals surface area contributed by atoms with Crippen molar-refractivity contribution in [2.45, 2.75) is 82.1 Å². The lowest BCUT2D eigenvalue weighted by Crippen LogP contribution is -2.59. The van der Waals surface area contributed by atoms with Gasteiger partial charge in [-0.25, -0.2) is 4.79 Å². The summed E-state index contributed by atoms with van der Waals surface area (Å²) in [7, 11) is 1.70. The van der Waals surface area contributed by atoms with E-state index in [9.17, 15) is 9.90 Å². The summed E-state index contributed by atoms with van der Waals surface area (Å²) in [5.41, 5.74) is 1.95. The Morgan fingerprint density at radius 3 is 2.51 bits per heavy atom. The third kappa shape index (κ3) is 11.4. The molecule has 5 rings (SSSR count). The van der Waals surface area contributed by atoms with Crippen molar-refractivity contribution in [1.82, 2.24) is 10.3 Å². The van der Waals surface area contributed by atoms with Gasteiger partial charge < -0.3 is 43.3 Å². The Hall–Kier alpha value is -3.21. The summed E-state index contributed by atoms with van der Waals surface area (Å²) < 4.78 is 35.8. The second kappa shape index (κ2) is 19.3. The fraction of sp³-hybridized carbons (Fsp3) is 0.629. The van der Waals surface area contributed by atoms with Crippen LogP contribution in [0.2, 0.25) is 0 Å². The van der Waals surface area contributed by atoms with E-state index in [-0.39, 0.29) is 50.5 Å². The highest BCUT2D eigenvalue weighted by atomic mass is 17.1. The smallest absolute Gasteiger partial charge is 0.409 e. The average Bonchev–Trinajstić information content (AvgIpc) is 3.11. The molecule has 1 amide bonds. The van der Waals surface area contributed by atoms with E-state index in [2.05, 4.69) is 15.8 Å². The van der Waals surface area contributed by atoms with Gasteiger partial charge in [-0.05, 0) is 74.8 Å². The molecular weight excluding hydrogens is 638 g/mol. The van der Waals surface area contributed by atoms with Gasteiger partial charge in [-0.15, -0.1) is 0 Å². The lowest BCUT2D eigenvalue weighted by Gasteiger charge is -2.43. The Balaban J connectivity index is 1.20. The molecule has 14 heteroatoms. The zero-order valence-corrected chi connectivity index (χ0v) is 28.3. The molecule has 3 aliphatic rings. The summed E-state index contributed by atoms with van der Waals surface area (Å²) in [6.07, 6.45) is 2.32. The highest BCUT2D eigenvalue weighted by molar-refractivity contribution is 5.68. The zero-order chi connectivity index (χ0) is 34.4. The number of aliphatic hydroxyl groups excluding tert-OH is 1. The molecule has 3 unspecified atom stereocenters. The van der Waals surface area contributed by atoms with E-state index in [1.54, 1.807) is 7.11 Å². The first-order valence-corrected chi connectivity index (χ1v) is 17.3. The van der Waals surface area contributed by atoms with Gasteiger partial charge in [0.25, 0.3) is 0 Å². The van der Waals surface area contributed by atoms with Crippen LogP contribution in [0.1, 0.15) is 50.5 Å². The maximum absolute atomic E-state index is 13.0. The molecule has 2 aromatic carbocycles. The number of carbonyl (C=O) groups is 1. The molecule has 1 saturated heterocycles. The Kier molecular flexibility index (Phi) is 14.6. The molecule has 1 saturated carbocycles. The summed E-state index contributed by atoms with van der Waals surface area (Å²) in [6.45, 7) is 3.61. The van der Waals surface area contributed by atoms with Gasteiger partial charge in [0.1, 0.15) is 36.4 Å². The number of likely N-dealkylation sites (tertiary alicyclic amines) is 1. The van der Waals surface area contributed by atoms with E-state index >= 15 is 0 Å². The minimum atomic E-state index is -0.980. The van der Waals surface area contributed by atoms with Gasteiger partial charge in [-0.2, -0.15) is 0 Å². The number of hydrogen-bond donors (Lipinski definition) is 3. The van der Waals surface area contributed by atoms with Crippen molar-refractivity contribution in [2.24, 2.45) is 0 Å². The van der Waals surface area contributed by atoms with E-state index in [1.807, 2.05) is 42.5 Å². The lowest BCUT2D eigenvalue weighted by atomic mass is 9.93. The van der Waals surface area contributed by atoms with E-state index < -0.39 is 24.4 Å². The van der Waals surface area contributed by atoms with Crippen LogP contribution < -0.4 is 14.4 Å². The van der Waals surface area contributed by atoms with Gasteiger partial charge in [-0.3, -0.25) is 15.3 Å². The molecule has 3 N–H and O–H groups in total. The van der Waals surface area contributed by atoms with Crippen molar-refractivity contribution in [3.05, 3.63) is 54.1 Å². The summed E-state index contributed by atoms with van der Waals surface area (Å²) in [6, 6.07) is 15.8. The summed E-state index contributed by atoms with van der Waals surface area (Å²) >= 11 is 0. The van der Waals surface area contributed by atoms with Gasteiger partial charge in [-0.1, -0.05) is 24.3 Å². The second-order valence-electron chi connectivity index (χ2n) is 12.6. The predicted octanol–water partition coefficient (Wildman–Crippen LogP) is 4.19. The van der Waals surface area contributed by atoms with Gasteiger partial charge in [0.05, 0.1) is 62.7 Å². The monoisotopic (exact) mass is 689 g/mol. The zero-order valence-electron chi connectivity index (χ0n) is 28.3. The number of benzene rings is 2. The van der Waals surface area contributed by atoms with Gasteiger partial charge in [0.2, 0.25) is 0 Å². The number of amides is 1. The molecular formula is C35H51N3O11. The van der Waals surface area contributed by atoms with Crippen molar-refractivity contribution in [3.63, 3.8) is 0 Å². The van der Waals surface area contributed by atoms with Gasteiger partial charge >= 0.3 is 6.09 Å². The number of unbranched alkanes of at least 4 members (excludes halogenated alkanes) is 1. The van der Waals surface area contributed by atoms with Crippen molar-refractivity contribution in [3.8, 4) is 11.5 Å². The minimum Gasteiger partial charge on any atom is -0.490 e. The van der Waals surface area contributed by atoms with Crippen LogP contribution in [0, 0.1) is 0 Å². The van der Waals surface area contributed by atoms with Crippen LogP contribution in [0.25, 0.3) is 0 Å². The number of methoxy groups -OCH3 is 1. The maximum atomic E-state index is 13.0. The molecule has 0 spiro atoms. The van der Waals surface area contributed by atoms with E-state index in [4.69, 9.17) is 38.8 Å². The molecule has 2 aromatic rings. The van der Waals surface area contributed by atoms with Crippen molar-refractivity contribution >= 4 is 11.8 Å². The number of β-amino-alcohol motifs (C(OH)–C–C–N with tert-alkyl or cyclic N) is 1.